The molecule has 0 saturated carbocycles. The van der Waals surface area contributed by atoms with Crippen molar-refractivity contribution in [2.75, 3.05) is 5.32 Å². The van der Waals surface area contributed by atoms with Gasteiger partial charge < -0.3 is 5.32 Å². The number of carbonyl (C=O) groups excluding carboxylic acids is 1. The molecular weight excluding hydrogens is 282 g/mol. The van der Waals surface area contributed by atoms with E-state index in [1.165, 1.54) is 33.4 Å². The summed E-state index contributed by atoms with van der Waals surface area (Å²) in [6.07, 6.45) is 5.50. The van der Waals surface area contributed by atoms with E-state index in [1.807, 2.05) is 19.1 Å². The van der Waals surface area contributed by atoms with Crippen LogP contribution in [-0.2, 0) is 11.2 Å². The summed E-state index contributed by atoms with van der Waals surface area (Å²) >= 11 is 0. The van der Waals surface area contributed by atoms with Gasteiger partial charge in [0.25, 0.3) is 0 Å². The summed E-state index contributed by atoms with van der Waals surface area (Å²) in [4.78, 5) is 12.3. The predicted octanol–water partition coefficient (Wildman–Crippen LogP) is 4.84. The van der Waals surface area contributed by atoms with Gasteiger partial charge in [0.2, 0.25) is 5.91 Å². The number of anilines is 1. The zero-order valence-electron chi connectivity index (χ0n) is 13.4. The minimum Gasteiger partial charge on any atom is -0.325 e. The molecule has 1 N–H and O–H groups in total. The normalized spacial score (nSPS) is 16.0. The maximum Gasteiger partial charge on any atom is 0.228 e. The predicted molar refractivity (Wildman–Crippen MR) is 96.1 cm³/mol. The Balaban J connectivity index is 1.93. The SMILES string of the molecule is C/C=C/c1ccc2c(c1)C1=C(CC(=O)N2)c2cc(C)ccc2C1. The lowest BCUT2D eigenvalue weighted by Gasteiger charge is -2.11. The van der Waals surface area contributed by atoms with Crippen molar-refractivity contribution >= 4 is 28.8 Å². The van der Waals surface area contributed by atoms with Gasteiger partial charge in [0.15, 0.2) is 0 Å². The summed E-state index contributed by atoms with van der Waals surface area (Å²) < 4.78 is 0. The summed E-state index contributed by atoms with van der Waals surface area (Å²) in [5.41, 5.74) is 9.57. The van der Waals surface area contributed by atoms with Gasteiger partial charge in [0.1, 0.15) is 0 Å². The Kier molecular flexibility index (Phi) is 3.19. The molecule has 23 heavy (non-hydrogen) atoms. The smallest absolute Gasteiger partial charge is 0.228 e. The molecule has 1 heterocycles. The molecule has 0 fully saturated rings. The molecule has 1 aliphatic heterocycles. The van der Waals surface area contributed by atoms with E-state index < -0.39 is 0 Å². The van der Waals surface area contributed by atoms with E-state index in [2.05, 4.69) is 48.6 Å². The molecule has 0 spiro atoms. The van der Waals surface area contributed by atoms with E-state index >= 15 is 0 Å². The van der Waals surface area contributed by atoms with Gasteiger partial charge in [-0.25, -0.2) is 0 Å². The molecule has 4 rings (SSSR count). The first kappa shape index (κ1) is 14.0. The lowest BCUT2D eigenvalue weighted by molar-refractivity contribution is -0.115. The van der Waals surface area contributed by atoms with Gasteiger partial charge in [-0.05, 0) is 60.2 Å². The zero-order valence-corrected chi connectivity index (χ0v) is 13.4. The van der Waals surface area contributed by atoms with Crippen molar-refractivity contribution in [3.8, 4) is 0 Å². The third-order valence-electron chi connectivity index (χ3n) is 4.66. The molecule has 2 nitrogen and oxygen atoms in total. The van der Waals surface area contributed by atoms with Gasteiger partial charge in [0, 0.05) is 11.3 Å². The van der Waals surface area contributed by atoms with Crippen LogP contribution >= 0.6 is 0 Å². The molecule has 1 aliphatic carbocycles. The van der Waals surface area contributed by atoms with E-state index in [0.717, 1.165) is 17.7 Å². The Morgan fingerprint density at radius 2 is 1.83 bits per heavy atom. The summed E-state index contributed by atoms with van der Waals surface area (Å²) in [5.74, 6) is 0.0735. The molecule has 0 unspecified atom stereocenters. The van der Waals surface area contributed by atoms with Crippen molar-refractivity contribution in [1.29, 1.82) is 0 Å². The maximum absolute atomic E-state index is 12.3. The molecule has 114 valence electrons. The van der Waals surface area contributed by atoms with E-state index in [9.17, 15) is 4.79 Å². The first-order valence-electron chi connectivity index (χ1n) is 8.04. The summed E-state index contributed by atoms with van der Waals surface area (Å²) in [5, 5.41) is 3.06. The van der Waals surface area contributed by atoms with Crippen LogP contribution in [0.15, 0.2) is 42.5 Å². The molecule has 0 saturated heterocycles. The Hall–Kier alpha value is -2.61. The molecule has 2 aromatic rings. The van der Waals surface area contributed by atoms with Crippen LogP contribution in [0.5, 0.6) is 0 Å². The molecule has 2 aliphatic rings. The highest BCUT2D eigenvalue weighted by molar-refractivity contribution is 6.12. The molecule has 0 bridgehead atoms. The molecule has 0 atom stereocenters. The minimum absolute atomic E-state index is 0.0735. The van der Waals surface area contributed by atoms with Crippen molar-refractivity contribution in [2.45, 2.75) is 26.7 Å². The van der Waals surface area contributed by atoms with E-state index in [4.69, 9.17) is 0 Å². The van der Waals surface area contributed by atoms with Gasteiger partial charge in [-0.2, -0.15) is 0 Å². The van der Waals surface area contributed by atoms with Crippen LogP contribution in [0.25, 0.3) is 17.2 Å². The van der Waals surface area contributed by atoms with Crippen LogP contribution in [0.2, 0.25) is 0 Å². The fourth-order valence-corrected chi connectivity index (χ4v) is 3.62. The minimum atomic E-state index is 0.0735. The number of aryl methyl sites for hydroxylation is 1. The Morgan fingerprint density at radius 3 is 2.65 bits per heavy atom. The molecule has 2 aromatic carbocycles. The van der Waals surface area contributed by atoms with Crippen molar-refractivity contribution < 1.29 is 4.79 Å². The van der Waals surface area contributed by atoms with Gasteiger partial charge in [0.05, 0.1) is 6.42 Å². The van der Waals surface area contributed by atoms with Crippen LogP contribution in [0.1, 0.15) is 41.2 Å². The van der Waals surface area contributed by atoms with Crippen molar-refractivity contribution in [2.24, 2.45) is 0 Å². The average Bonchev–Trinajstić information content (AvgIpc) is 2.80. The largest absolute Gasteiger partial charge is 0.325 e. The van der Waals surface area contributed by atoms with Gasteiger partial charge >= 0.3 is 0 Å². The van der Waals surface area contributed by atoms with Gasteiger partial charge in [-0.1, -0.05) is 42.0 Å². The molecular formula is C21H19NO. The standard InChI is InChI=1S/C21H19NO/c1-3-4-14-6-8-20-19(10-14)17-11-15-7-5-13(2)9-16(15)18(17)12-21(23)22-20/h3-10H,11-12H2,1-2H3,(H,22,23)/b4-3+. The monoisotopic (exact) mass is 301 g/mol. The van der Waals surface area contributed by atoms with Crippen molar-refractivity contribution in [3.63, 3.8) is 0 Å². The molecule has 2 heteroatoms. The number of allylic oxidation sites excluding steroid dienone is 2. The highest BCUT2D eigenvalue weighted by Crippen LogP contribution is 2.44. The number of nitrogens with one attached hydrogen (secondary N) is 1. The first-order valence-corrected chi connectivity index (χ1v) is 8.04. The highest BCUT2D eigenvalue weighted by atomic mass is 16.1. The number of hydrogen-bond acceptors (Lipinski definition) is 1. The fourth-order valence-electron chi connectivity index (χ4n) is 3.62. The van der Waals surface area contributed by atoms with Crippen molar-refractivity contribution in [3.05, 3.63) is 70.3 Å². The number of rotatable bonds is 1. The van der Waals surface area contributed by atoms with Crippen LogP contribution in [-0.4, -0.2) is 5.91 Å². The average molecular weight is 301 g/mol. The van der Waals surface area contributed by atoms with E-state index in [-0.39, 0.29) is 5.91 Å². The number of benzene rings is 2. The van der Waals surface area contributed by atoms with Crippen LogP contribution in [0.4, 0.5) is 5.69 Å². The van der Waals surface area contributed by atoms with Crippen LogP contribution in [0, 0.1) is 6.92 Å². The second-order valence-corrected chi connectivity index (χ2v) is 6.32. The quantitative estimate of drug-likeness (QED) is 0.802. The highest BCUT2D eigenvalue weighted by Gasteiger charge is 2.28. The maximum atomic E-state index is 12.3. The molecule has 1 amide bonds. The molecule has 0 radical (unpaired) electrons. The first-order chi connectivity index (χ1) is 11.2. The zero-order chi connectivity index (χ0) is 16.0. The third kappa shape index (κ3) is 2.31. The number of fused-ring (bicyclic) bond motifs is 4. The fraction of sp³-hybridized carbons (Fsp3) is 0.190. The topological polar surface area (TPSA) is 29.1 Å². The van der Waals surface area contributed by atoms with E-state index in [1.54, 1.807) is 0 Å². The third-order valence-corrected chi connectivity index (χ3v) is 4.66. The van der Waals surface area contributed by atoms with Crippen LogP contribution < -0.4 is 5.32 Å². The van der Waals surface area contributed by atoms with Crippen LogP contribution in [0.3, 0.4) is 0 Å². The summed E-state index contributed by atoms with van der Waals surface area (Å²) in [6.45, 7) is 4.13. The second kappa shape index (κ2) is 5.24. The Labute approximate surface area is 136 Å². The van der Waals surface area contributed by atoms with Crippen molar-refractivity contribution in [1.82, 2.24) is 0 Å². The molecule has 0 aromatic heterocycles. The summed E-state index contributed by atoms with van der Waals surface area (Å²) in [6, 6.07) is 12.8. The number of amides is 1. The van der Waals surface area contributed by atoms with Gasteiger partial charge in [-0.3, -0.25) is 4.79 Å². The number of carbonyl (C=O) groups is 1. The Morgan fingerprint density at radius 1 is 1.00 bits per heavy atom. The Bertz CT molecular complexity index is 887. The van der Waals surface area contributed by atoms with Gasteiger partial charge in [-0.15, -0.1) is 0 Å². The van der Waals surface area contributed by atoms with E-state index in [0.29, 0.717) is 6.42 Å². The lowest BCUT2D eigenvalue weighted by Crippen LogP contribution is -2.11. The summed E-state index contributed by atoms with van der Waals surface area (Å²) in [7, 11) is 0. The number of hydrogen-bond donors (Lipinski definition) is 1. The second-order valence-electron chi connectivity index (χ2n) is 6.32. The lowest BCUT2D eigenvalue weighted by atomic mass is 9.96.